The van der Waals surface area contributed by atoms with Gasteiger partial charge in [-0.3, -0.25) is 9.59 Å². The van der Waals surface area contributed by atoms with E-state index in [1.807, 2.05) is 37.3 Å². The Morgan fingerprint density at radius 1 is 0.931 bits per heavy atom. The predicted octanol–water partition coefficient (Wildman–Crippen LogP) is 3.57. The molecule has 3 aromatic rings. The molecule has 4 rings (SSSR count). The molecule has 2 aromatic carbocycles. The number of ether oxygens (including phenoxy) is 1. The van der Waals surface area contributed by atoms with Gasteiger partial charge in [-0.15, -0.1) is 0 Å². The van der Waals surface area contributed by atoms with Crippen molar-refractivity contribution in [2.24, 2.45) is 7.05 Å². The number of rotatable bonds is 4. The quantitative estimate of drug-likeness (QED) is 0.687. The molecule has 29 heavy (non-hydrogen) atoms. The number of hydrogen-bond donors (Lipinski definition) is 0. The zero-order valence-corrected chi connectivity index (χ0v) is 16.9. The molecule has 148 valence electrons. The summed E-state index contributed by atoms with van der Waals surface area (Å²) in [5, 5.41) is 0. The topological polar surface area (TPSA) is 51.5 Å². The van der Waals surface area contributed by atoms with Crippen molar-refractivity contribution in [2.75, 3.05) is 13.1 Å². The van der Waals surface area contributed by atoms with Crippen LogP contribution in [0.5, 0.6) is 5.75 Å². The average Bonchev–Trinajstić information content (AvgIpc) is 2.69. The fourth-order valence-electron chi connectivity index (χ4n) is 3.41. The average molecular weight is 388 g/mol. The molecule has 5 heteroatoms. The lowest BCUT2D eigenvalue weighted by molar-refractivity contribution is 0.0176. The van der Waals surface area contributed by atoms with Crippen LogP contribution in [0.15, 0.2) is 65.5 Å². The highest BCUT2D eigenvalue weighted by Gasteiger charge is 2.33. The molecule has 1 fully saturated rings. The Kier molecular flexibility index (Phi) is 4.97. The monoisotopic (exact) mass is 388 g/mol. The fourth-order valence-corrected chi connectivity index (χ4v) is 3.41. The van der Waals surface area contributed by atoms with Gasteiger partial charge < -0.3 is 14.2 Å². The van der Waals surface area contributed by atoms with Crippen LogP contribution in [0.1, 0.15) is 21.6 Å². The van der Waals surface area contributed by atoms with E-state index >= 15 is 0 Å². The molecule has 0 unspecified atom stereocenters. The maximum absolute atomic E-state index is 12.7. The summed E-state index contributed by atoms with van der Waals surface area (Å²) in [4.78, 5) is 26.3. The molecule has 2 heterocycles. The molecule has 1 saturated heterocycles. The van der Waals surface area contributed by atoms with Gasteiger partial charge in [0.15, 0.2) is 0 Å². The van der Waals surface area contributed by atoms with Gasteiger partial charge in [0.25, 0.3) is 11.5 Å². The van der Waals surface area contributed by atoms with Gasteiger partial charge in [0, 0.05) is 24.4 Å². The van der Waals surface area contributed by atoms with Gasteiger partial charge in [0.05, 0.1) is 13.1 Å². The molecule has 0 bridgehead atoms. The van der Waals surface area contributed by atoms with Gasteiger partial charge in [-0.2, -0.15) is 0 Å². The van der Waals surface area contributed by atoms with E-state index in [4.69, 9.17) is 4.74 Å². The summed E-state index contributed by atoms with van der Waals surface area (Å²) < 4.78 is 7.44. The SMILES string of the molecule is Cc1ccc(-c2ccc(C(=O)N3CC(Oc4cc(C)n(C)c(=O)c4)C3)cc2)cc1. The molecule has 0 atom stereocenters. The summed E-state index contributed by atoms with van der Waals surface area (Å²) >= 11 is 0. The highest BCUT2D eigenvalue weighted by molar-refractivity contribution is 5.95. The summed E-state index contributed by atoms with van der Waals surface area (Å²) in [7, 11) is 1.73. The third kappa shape index (κ3) is 3.94. The van der Waals surface area contributed by atoms with Crippen molar-refractivity contribution in [2.45, 2.75) is 20.0 Å². The predicted molar refractivity (Wildman–Crippen MR) is 113 cm³/mol. The first kappa shape index (κ1) is 19.0. The number of aromatic nitrogens is 1. The number of nitrogens with zero attached hydrogens (tertiary/aromatic N) is 2. The number of pyridine rings is 1. The van der Waals surface area contributed by atoms with Crippen LogP contribution in [0.3, 0.4) is 0 Å². The molecule has 1 aromatic heterocycles. The summed E-state index contributed by atoms with van der Waals surface area (Å²) in [5.41, 5.74) is 4.86. The van der Waals surface area contributed by atoms with E-state index in [9.17, 15) is 9.59 Å². The second kappa shape index (κ2) is 7.59. The second-order valence-corrected chi connectivity index (χ2v) is 7.62. The minimum absolute atomic E-state index is 0.000428. The maximum Gasteiger partial charge on any atom is 0.254 e. The number of carbonyl (C=O) groups is 1. The number of hydrogen-bond acceptors (Lipinski definition) is 3. The van der Waals surface area contributed by atoms with Crippen molar-refractivity contribution in [3.8, 4) is 16.9 Å². The van der Waals surface area contributed by atoms with Gasteiger partial charge in [-0.05, 0) is 43.2 Å². The van der Waals surface area contributed by atoms with Crippen molar-refractivity contribution in [1.29, 1.82) is 0 Å². The molecular weight excluding hydrogens is 364 g/mol. The van der Waals surface area contributed by atoms with Gasteiger partial charge in [-0.25, -0.2) is 0 Å². The van der Waals surface area contributed by atoms with E-state index in [0.29, 0.717) is 24.4 Å². The van der Waals surface area contributed by atoms with Crippen LogP contribution in [-0.2, 0) is 7.05 Å². The van der Waals surface area contributed by atoms with Crippen molar-refractivity contribution in [3.05, 3.63) is 87.8 Å². The van der Waals surface area contributed by atoms with Crippen LogP contribution < -0.4 is 10.3 Å². The van der Waals surface area contributed by atoms with Crippen LogP contribution >= 0.6 is 0 Å². The normalized spacial score (nSPS) is 13.8. The molecule has 0 N–H and O–H groups in total. The smallest absolute Gasteiger partial charge is 0.254 e. The van der Waals surface area contributed by atoms with Crippen LogP contribution in [-0.4, -0.2) is 34.6 Å². The minimum atomic E-state index is -0.0964. The highest BCUT2D eigenvalue weighted by atomic mass is 16.5. The lowest BCUT2D eigenvalue weighted by Gasteiger charge is -2.39. The van der Waals surface area contributed by atoms with Crippen molar-refractivity contribution < 1.29 is 9.53 Å². The first-order valence-electron chi connectivity index (χ1n) is 9.71. The Hall–Kier alpha value is -3.34. The van der Waals surface area contributed by atoms with E-state index in [1.165, 1.54) is 11.6 Å². The van der Waals surface area contributed by atoms with Gasteiger partial charge >= 0.3 is 0 Å². The van der Waals surface area contributed by atoms with E-state index in [1.54, 1.807) is 16.5 Å². The zero-order valence-electron chi connectivity index (χ0n) is 16.9. The van der Waals surface area contributed by atoms with Crippen molar-refractivity contribution >= 4 is 5.91 Å². The lowest BCUT2D eigenvalue weighted by atomic mass is 10.0. The number of amides is 1. The van der Waals surface area contributed by atoms with E-state index in [2.05, 4.69) is 31.2 Å². The van der Waals surface area contributed by atoms with E-state index in [-0.39, 0.29) is 17.6 Å². The minimum Gasteiger partial charge on any atom is -0.486 e. The van der Waals surface area contributed by atoms with Crippen molar-refractivity contribution in [3.63, 3.8) is 0 Å². The summed E-state index contributed by atoms with van der Waals surface area (Å²) in [6, 6.07) is 19.4. The number of likely N-dealkylation sites (tertiary alicyclic amines) is 1. The van der Waals surface area contributed by atoms with Gasteiger partial charge in [0.2, 0.25) is 0 Å². The molecule has 0 spiro atoms. The Morgan fingerprint density at radius 2 is 1.52 bits per heavy atom. The molecular formula is C24H24N2O3. The first-order valence-corrected chi connectivity index (χ1v) is 9.71. The largest absolute Gasteiger partial charge is 0.486 e. The summed E-state index contributed by atoms with van der Waals surface area (Å²) in [6.07, 6.45) is -0.0858. The number of aryl methyl sites for hydroxylation is 2. The first-order chi connectivity index (χ1) is 13.9. The van der Waals surface area contributed by atoms with Crippen molar-refractivity contribution in [1.82, 2.24) is 9.47 Å². The summed E-state index contributed by atoms with van der Waals surface area (Å²) in [6.45, 7) is 4.97. The highest BCUT2D eigenvalue weighted by Crippen LogP contribution is 2.23. The third-order valence-corrected chi connectivity index (χ3v) is 5.43. The van der Waals surface area contributed by atoms with Crippen LogP contribution in [0, 0.1) is 13.8 Å². The number of carbonyl (C=O) groups excluding carboxylic acids is 1. The number of benzene rings is 2. The Labute approximate surface area is 170 Å². The molecule has 5 nitrogen and oxygen atoms in total. The second-order valence-electron chi connectivity index (χ2n) is 7.62. The Bertz CT molecular complexity index is 1090. The Morgan fingerprint density at radius 3 is 2.10 bits per heavy atom. The zero-order chi connectivity index (χ0) is 20.5. The molecule has 1 amide bonds. The van der Waals surface area contributed by atoms with Crippen LogP contribution in [0.2, 0.25) is 0 Å². The molecule has 0 aliphatic carbocycles. The molecule has 1 aliphatic heterocycles. The molecule has 0 saturated carbocycles. The van der Waals surface area contributed by atoms with E-state index in [0.717, 1.165) is 16.8 Å². The van der Waals surface area contributed by atoms with E-state index < -0.39 is 0 Å². The Balaban J connectivity index is 1.37. The maximum atomic E-state index is 12.7. The molecule has 0 radical (unpaired) electrons. The fraction of sp³-hybridized carbons (Fsp3) is 0.250. The molecule has 1 aliphatic rings. The van der Waals surface area contributed by atoms with Crippen LogP contribution in [0.4, 0.5) is 0 Å². The van der Waals surface area contributed by atoms with Crippen LogP contribution in [0.25, 0.3) is 11.1 Å². The summed E-state index contributed by atoms with van der Waals surface area (Å²) in [5.74, 6) is 0.561. The third-order valence-electron chi connectivity index (χ3n) is 5.43. The van der Waals surface area contributed by atoms with Gasteiger partial charge in [0.1, 0.15) is 11.9 Å². The lowest BCUT2D eigenvalue weighted by Crippen LogP contribution is -2.56. The van der Waals surface area contributed by atoms with Gasteiger partial charge in [-0.1, -0.05) is 42.0 Å². The standard InChI is InChI=1S/C24H24N2O3/c1-16-4-6-18(7-5-16)19-8-10-20(11-9-19)24(28)26-14-22(15-26)29-21-12-17(2)25(3)23(27)13-21/h4-13,22H,14-15H2,1-3H3.